The maximum atomic E-state index is 11.2. The Bertz CT molecular complexity index is 278. The van der Waals surface area contributed by atoms with Crippen molar-refractivity contribution in [2.45, 2.75) is 32.5 Å². The highest BCUT2D eigenvalue weighted by atomic mass is 28.3. The van der Waals surface area contributed by atoms with Crippen molar-refractivity contribution in [1.29, 1.82) is 0 Å². The molecule has 0 atom stereocenters. The summed E-state index contributed by atoms with van der Waals surface area (Å²) in [6.07, 6.45) is 0.331. The standard InChI is InChI=1S/C10H20O5Si2/c1-8(2)10(12)14-7-13-9(11)5-6-16-15-17(3)4/h17H,1,5-7,16H2,2-4H3. The first-order chi connectivity index (χ1) is 7.93. The minimum absolute atomic E-state index is 0.281. The first-order valence-electron chi connectivity index (χ1n) is 5.53. The lowest BCUT2D eigenvalue weighted by atomic mass is 10.4. The van der Waals surface area contributed by atoms with Crippen molar-refractivity contribution in [1.82, 2.24) is 0 Å². The van der Waals surface area contributed by atoms with Crippen molar-refractivity contribution in [3.63, 3.8) is 0 Å². The molecule has 0 amide bonds. The third-order valence-corrected chi connectivity index (χ3v) is 5.99. The van der Waals surface area contributed by atoms with Crippen LogP contribution >= 0.6 is 0 Å². The Balaban J connectivity index is 3.47. The monoisotopic (exact) mass is 276 g/mol. The minimum atomic E-state index is -0.950. The predicted molar refractivity (Wildman–Crippen MR) is 69.8 cm³/mol. The van der Waals surface area contributed by atoms with Crippen LogP contribution in [0.4, 0.5) is 0 Å². The normalized spacial score (nSPS) is 10.8. The van der Waals surface area contributed by atoms with Crippen LogP contribution in [-0.2, 0) is 23.2 Å². The molecule has 0 aromatic rings. The lowest BCUT2D eigenvalue weighted by Gasteiger charge is -2.07. The maximum absolute atomic E-state index is 11.2. The van der Waals surface area contributed by atoms with Gasteiger partial charge in [0.05, 0.1) is 0 Å². The van der Waals surface area contributed by atoms with Crippen LogP contribution in [-0.4, -0.2) is 37.5 Å². The molecule has 0 radical (unpaired) electrons. The van der Waals surface area contributed by atoms with Crippen LogP contribution in [0, 0.1) is 0 Å². The van der Waals surface area contributed by atoms with Crippen LogP contribution in [0.5, 0.6) is 0 Å². The second-order valence-electron chi connectivity index (χ2n) is 3.87. The summed E-state index contributed by atoms with van der Waals surface area (Å²) in [5.74, 6) is -0.914. The number of carbonyl (C=O) groups excluding carboxylic acids is 2. The van der Waals surface area contributed by atoms with Gasteiger partial charge in [0.15, 0.2) is 9.04 Å². The summed E-state index contributed by atoms with van der Waals surface area (Å²) in [5, 5.41) is 0. The number of rotatable bonds is 8. The number of hydrogen-bond acceptors (Lipinski definition) is 5. The quantitative estimate of drug-likeness (QED) is 0.212. The molecule has 0 aliphatic carbocycles. The summed E-state index contributed by atoms with van der Waals surface area (Å²) in [5.41, 5.74) is 0.281. The maximum Gasteiger partial charge on any atom is 0.335 e. The van der Waals surface area contributed by atoms with E-state index in [0.29, 0.717) is 6.42 Å². The van der Waals surface area contributed by atoms with Crippen LogP contribution in [0.1, 0.15) is 13.3 Å². The van der Waals surface area contributed by atoms with E-state index in [1.165, 1.54) is 6.92 Å². The molecule has 98 valence electrons. The summed E-state index contributed by atoms with van der Waals surface area (Å²) < 4.78 is 14.9. The van der Waals surface area contributed by atoms with Crippen molar-refractivity contribution in [3.8, 4) is 0 Å². The van der Waals surface area contributed by atoms with Gasteiger partial charge in [-0.3, -0.25) is 4.79 Å². The van der Waals surface area contributed by atoms with Crippen LogP contribution in [0.2, 0.25) is 19.1 Å². The minimum Gasteiger partial charge on any atom is -0.463 e. The van der Waals surface area contributed by atoms with E-state index in [0.717, 1.165) is 6.04 Å². The fraction of sp³-hybridized carbons (Fsp3) is 0.600. The largest absolute Gasteiger partial charge is 0.463 e. The molecule has 0 rings (SSSR count). The molecule has 0 heterocycles. The van der Waals surface area contributed by atoms with Crippen LogP contribution in [0.3, 0.4) is 0 Å². The molecule has 0 aromatic carbocycles. The summed E-state index contributed by atoms with van der Waals surface area (Å²) in [7, 11) is -1.54. The summed E-state index contributed by atoms with van der Waals surface area (Å²) in [6.45, 7) is 8.80. The summed E-state index contributed by atoms with van der Waals surface area (Å²) >= 11 is 0. The lowest BCUT2D eigenvalue weighted by Crippen LogP contribution is -2.15. The topological polar surface area (TPSA) is 61.8 Å². The second-order valence-corrected chi connectivity index (χ2v) is 8.42. The van der Waals surface area contributed by atoms with Gasteiger partial charge in [-0.25, -0.2) is 4.79 Å². The van der Waals surface area contributed by atoms with Gasteiger partial charge < -0.3 is 13.6 Å². The molecule has 0 saturated heterocycles. The van der Waals surface area contributed by atoms with E-state index in [1.807, 2.05) is 0 Å². The van der Waals surface area contributed by atoms with E-state index < -0.39 is 24.8 Å². The highest BCUT2D eigenvalue weighted by Crippen LogP contribution is 1.97. The average molecular weight is 276 g/mol. The molecule has 0 bridgehead atoms. The molecule has 0 aliphatic heterocycles. The molecule has 0 aliphatic rings. The first kappa shape index (κ1) is 16.1. The number of ether oxygens (including phenoxy) is 2. The molecule has 5 nitrogen and oxygen atoms in total. The smallest absolute Gasteiger partial charge is 0.335 e. The van der Waals surface area contributed by atoms with Gasteiger partial charge in [0, 0.05) is 12.0 Å². The third-order valence-electron chi connectivity index (χ3n) is 1.73. The van der Waals surface area contributed by atoms with Crippen molar-refractivity contribution in [2.75, 3.05) is 6.79 Å². The molecule has 0 unspecified atom stereocenters. The fourth-order valence-corrected chi connectivity index (χ4v) is 3.86. The van der Waals surface area contributed by atoms with Crippen LogP contribution < -0.4 is 0 Å². The Kier molecular flexibility index (Phi) is 8.64. The van der Waals surface area contributed by atoms with Gasteiger partial charge in [-0.1, -0.05) is 6.58 Å². The van der Waals surface area contributed by atoms with E-state index in [4.69, 9.17) is 8.85 Å². The molecule has 7 heteroatoms. The SMILES string of the molecule is C=C(C)C(=O)OCOC(=O)CC[SiH2]O[SiH](C)C. The van der Waals surface area contributed by atoms with Crippen molar-refractivity contribution in [2.24, 2.45) is 0 Å². The van der Waals surface area contributed by atoms with Crippen molar-refractivity contribution < 1.29 is 23.2 Å². The lowest BCUT2D eigenvalue weighted by molar-refractivity contribution is -0.164. The molecule has 0 saturated carbocycles. The Morgan fingerprint density at radius 3 is 2.47 bits per heavy atom. The molecular weight excluding hydrogens is 256 g/mol. The Hall–Kier alpha value is -0.926. The molecule has 17 heavy (non-hydrogen) atoms. The molecular formula is C10H20O5Si2. The van der Waals surface area contributed by atoms with Gasteiger partial charge in [0.1, 0.15) is 9.76 Å². The van der Waals surface area contributed by atoms with Gasteiger partial charge in [0.2, 0.25) is 6.79 Å². The number of hydrogen-bond donors (Lipinski definition) is 0. The summed E-state index contributed by atoms with van der Waals surface area (Å²) in [6, 6.07) is 0.762. The average Bonchev–Trinajstić information content (AvgIpc) is 2.23. The van der Waals surface area contributed by atoms with Gasteiger partial charge in [-0.05, 0) is 26.1 Å². The predicted octanol–water partition coefficient (Wildman–Crippen LogP) is 0.499. The molecule has 0 aromatic heterocycles. The van der Waals surface area contributed by atoms with E-state index in [2.05, 4.69) is 24.4 Å². The first-order valence-corrected chi connectivity index (χ1v) is 9.89. The van der Waals surface area contributed by atoms with E-state index in [9.17, 15) is 9.59 Å². The zero-order chi connectivity index (χ0) is 13.3. The highest BCUT2D eigenvalue weighted by Gasteiger charge is 2.06. The van der Waals surface area contributed by atoms with Gasteiger partial charge in [-0.15, -0.1) is 0 Å². The van der Waals surface area contributed by atoms with E-state index >= 15 is 0 Å². The van der Waals surface area contributed by atoms with E-state index in [-0.39, 0.29) is 18.3 Å². The van der Waals surface area contributed by atoms with Crippen molar-refractivity contribution in [3.05, 3.63) is 12.2 Å². The second kappa shape index (κ2) is 9.14. The zero-order valence-electron chi connectivity index (χ0n) is 10.7. The molecule has 0 fully saturated rings. The van der Waals surface area contributed by atoms with Crippen molar-refractivity contribution >= 4 is 30.7 Å². The number of carbonyl (C=O) groups is 2. The zero-order valence-corrected chi connectivity index (χ0v) is 13.2. The van der Waals surface area contributed by atoms with Gasteiger partial charge in [0.25, 0.3) is 0 Å². The number of esters is 2. The van der Waals surface area contributed by atoms with E-state index in [1.54, 1.807) is 0 Å². The van der Waals surface area contributed by atoms with Crippen LogP contribution in [0.15, 0.2) is 12.2 Å². The van der Waals surface area contributed by atoms with Gasteiger partial charge in [-0.2, -0.15) is 0 Å². The Morgan fingerprint density at radius 2 is 1.94 bits per heavy atom. The molecule has 0 spiro atoms. The third kappa shape index (κ3) is 9.97. The van der Waals surface area contributed by atoms with Gasteiger partial charge >= 0.3 is 11.9 Å². The van der Waals surface area contributed by atoms with Crippen LogP contribution in [0.25, 0.3) is 0 Å². The molecule has 0 N–H and O–H groups in total. The fourth-order valence-electron chi connectivity index (χ4n) is 0.880. The highest BCUT2D eigenvalue weighted by molar-refractivity contribution is 6.56. The summed E-state index contributed by atoms with van der Waals surface area (Å²) in [4.78, 5) is 22.1. The Labute approximate surface area is 106 Å². The Morgan fingerprint density at radius 1 is 1.29 bits per heavy atom.